The van der Waals surface area contributed by atoms with E-state index in [9.17, 15) is 4.79 Å². The molecular weight excluding hydrogens is 260 g/mol. The number of hydrogen-bond acceptors (Lipinski definition) is 5. The maximum atomic E-state index is 11.1. The molecule has 0 saturated heterocycles. The number of ether oxygens (including phenoxy) is 1. The summed E-state index contributed by atoms with van der Waals surface area (Å²) in [6.07, 6.45) is 8.45. The molecule has 0 aliphatic heterocycles. The molecule has 0 aliphatic carbocycles. The Bertz CT molecular complexity index is 366. The van der Waals surface area contributed by atoms with Gasteiger partial charge in [0.15, 0.2) is 5.13 Å². The van der Waals surface area contributed by atoms with E-state index in [1.807, 2.05) is 12.3 Å². The molecule has 5 heteroatoms. The first-order valence-electron chi connectivity index (χ1n) is 7.08. The number of esters is 1. The minimum atomic E-state index is -0.0661. The zero-order valence-corrected chi connectivity index (χ0v) is 12.5. The second-order valence-electron chi connectivity index (χ2n) is 4.60. The average Bonchev–Trinajstić information content (AvgIpc) is 2.79. The van der Waals surface area contributed by atoms with Gasteiger partial charge in [0.1, 0.15) is 0 Å². The Kier molecular flexibility index (Phi) is 8.21. The predicted octanol–water partition coefficient (Wildman–Crippen LogP) is 3.56. The van der Waals surface area contributed by atoms with E-state index >= 15 is 0 Å². The highest BCUT2D eigenvalue weighted by molar-refractivity contribution is 7.13. The molecule has 1 aromatic rings. The Morgan fingerprint density at radius 2 is 1.95 bits per heavy atom. The number of carbonyl (C=O) groups is 1. The van der Waals surface area contributed by atoms with Crippen LogP contribution in [0.25, 0.3) is 0 Å². The number of rotatable bonds is 10. The monoisotopic (exact) mass is 284 g/mol. The lowest BCUT2D eigenvalue weighted by molar-refractivity contribution is -0.143. The van der Waals surface area contributed by atoms with Crippen molar-refractivity contribution in [3.63, 3.8) is 0 Å². The van der Waals surface area contributed by atoms with E-state index in [1.54, 1.807) is 0 Å². The molecular formula is C14H24N2O2S. The van der Waals surface area contributed by atoms with Gasteiger partial charge >= 0.3 is 5.97 Å². The van der Waals surface area contributed by atoms with E-state index in [4.69, 9.17) is 10.5 Å². The Morgan fingerprint density at radius 3 is 2.58 bits per heavy atom. The van der Waals surface area contributed by atoms with E-state index in [0.29, 0.717) is 18.2 Å². The van der Waals surface area contributed by atoms with Crippen molar-refractivity contribution in [1.29, 1.82) is 0 Å². The number of nitrogens with zero attached hydrogens (tertiary/aromatic N) is 1. The third-order valence-electron chi connectivity index (χ3n) is 2.94. The standard InChI is InChI=1S/C14H24N2O2S/c1-2-18-13(17)10-8-6-4-3-5-7-9-12-11-19-14(15)16-12/h11H,2-10H2,1H3,(H2,15,16). The molecule has 0 atom stereocenters. The Balaban J connectivity index is 1.87. The number of unbranched alkanes of at least 4 members (excludes halogenated alkanes) is 5. The maximum Gasteiger partial charge on any atom is 0.305 e. The van der Waals surface area contributed by atoms with Gasteiger partial charge in [-0.2, -0.15) is 0 Å². The van der Waals surface area contributed by atoms with Crippen LogP contribution >= 0.6 is 11.3 Å². The molecule has 4 nitrogen and oxygen atoms in total. The molecule has 0 saturated carbocycles. The van der Waals surface area contributed by atoms with Crippen molar-refractivity contribution in [3.8, 4) is 0 Å². The maximum absolute atomic E-state index is 11.1. The lowest BCUT2D eigenvalue weighted by Crippen LogP contribution is -2.03. The second-order valence-corrected chi connectivity index (χ2v) is 5.49. The van der Waals surface area contributed by atoms with Gasteiger partial charge in [0.25, 0.3) is 0 Å². The van der Waals surface area contributed by atoms with Crippen LogP contribution in [0.1, 0.15) is 57.6 Å². The molecule has 0 radical (unpaired) electrons. The molecule has 0 aliphatic rings. The fraction of sp³-hybridized carbons (Fsp3) is 0.714. The van der Waals surface area contributed by atoms with Crippen molar-refractivity contribution in [2.75, 3.05) is 12.3 Å². The Hall–Kier alpha value is -1.10. The molecule has 0 spiro atoms. The van der Waals surface area contributed by atoms with Gasteiger partial charge in [-0.3, -0.25) is 4.79 Å². The van der Waals surface area contributed by atoms with Crippen molar-refractivity contribution < 1.29 is 9.53 Å². The number of carbonyl (C=O) groups excluding carboxylic acids is 1. The number of thiazole rings is 1. The number of aromatic nitrogens is 1. The molecule has 0 aromatic carbocycles. The molecule has 0 bridgehead atoms. The van der Waals surface area contributed by atoms with E-state index in [0.717, 1.165) is 25.0 Å². The summed E-state index contributed by atoms with van der Waals surface area (Å²) in [4.78, 5) is 15.3. The van der Waals surface area contributed by atoms with Gasteiger partial charge in [0.05, 0.1) is 12.3 Å². The van der Waals surface area contributed by atoms with Gasteiger partial charge < -0.3 is 10.5 Å². The first-order valence-corrected chi connectivity index (χ1v) is 7.96. The minimum Gasteiger partial charge on any atom is -0.466 e. The largest absolute Gasteiger partial charge is 0.466 e. The van der Waals surface area contributed by atoms with Crippen molar-refractivity contribution >= 4 is 22.4 Å². The molecule has 1 rings (SSSR count). The van der Waals surface area contributed by atoms with E-state index < -0.39 is 0 Å². The summed E-state index contributed by atoms with van der Waals surface area (Å²) in [5.41, 5.74) is 6.69. The normalized spacial score (nSPS) is 10.6. The summed E-state index contributed by atoms with van der Waals surface area (Å²) in [6.45, 7) is 2.33. The van der Waals surface area contributed by atoms with Crippen molar-refractivity contribution in [3.05, 3.63) is 11.1 Å². The zero-order chi connectivity index (χ0) is 13.9. The number of nitrogens with two attached hydrogens (primary N) is 1. The fourth-order valence-corrected chi connectivity index (χ4v) is 2.55. The van der Waals surface area contributed by atoms with Gasteiger partial charge in [-0.1, -0.05) is 25.7 Å². The topological polar surface area (TPSA) is 65.2 Å². The molecule has 0 unspecified atom stereocenters. The summed E-state index contributed by atoms with van der Waals surface area (Å²) < 4.78 is 4.88. The number of nitrogen functional groups attached to an aromatic ring is 1. The second kappa shape index (κ2) is 9.78. The van der Waals surface area contributed by atoms with Gasteiger partial charge in [-0.25, -0.2) is 4.98 Å². The lowest BCUT2D eigenvalue weighted by Gasteiger charge is -2.02. The Labute approximate surface area is 119 Å². The average molecular weight is 284 g/mol. The summed E-state index contributed by atoms with van der Waals surface area (Å²) in [6, 6.07) is 0. The van der Waals surface area contributed by atoms with Crippen LogP contribution < -0.4 is 5.73 Å². The first-order chi connectivity index (χ1) is 9.22. The Morgan fingerprint density at radius 1 is 1.26 bits per heavy atom. The van der Waals surface area contributed by atoms with Gasteiger partial charge in [-0.15, -0.1) is 11.3 Å². The predicted molar refractivity (Wildman–Crippen MR) is 79.2 cm³/mol. The molecule has 2 N–H and O–H groups in total. The van der Waals surface area contributed by atoms with Crippen LogP contribution in [0, 0.1) is 0 Å². The zero-order valence-electron chi connectivity index (χ0n) is 11.7. The highest BCUT2D eigenvalue weighted by Gasteiger charge is 2.01. The van der Waals surface area contributed by atoms with Crippen molar-refractivity contribution in [1.82, 2.24) is 4.98 Å². The summed E-state index contributed by atoms with van der Waals surface area (Å²) in [5.74, 6) is -0.0661. The van der Waals surface area contributed by atoms with Gasteiger partial charge in [0, 0.05) is 11.8 Å². The van der Waals surface area contributed by atoms with E-state index in [1.165, 1.54) is 37.0 Å². The number of hydrogen-bond donors (Lipinski definition) is 1. The molecule has 108 valence electrons. The van der Waals surface area contributed by atoms with Crippen LogP contribution in [0.3, 0.4) is 0 Å². The summed E-state index contributed by atoms with van der Waals surface area (Å²) >= 11 is 1.51. The van der Waals surface area contributed by atoms with Crippen LogP contribution in [-0.2, 0) is 16.0 Å². The summed E-state index contributed by atoms with van der Waals surface area (Å²) in [5, 5.41) is 2.70. The van der Waals surface area contributed by atoms with Gasteiger partial charge in [-0.05, 0) is 26.2 Å². The van der Waals surface area contributed by atoms with E-state index in [2.05, 4.69) is 4.98 Å². The SMILES string of the molecule is CCOC(=O)CCCCCCCCc1csc(N)n1. The highest BCUT2D eigenvalue weighted by Crippen LogP contribution is 2.14. The molecule has 0 amide bonds. The van der Waals surface area contributed by atoms with Crippen molar-refractivity contribution in [2.45, 2.75) is 58.3 Å². The van der Waals surface area contributed by atoms with Crippen LogP contribution in [0.4, 0.5) is 5.13 Å². The fourth-order valence-electron chi connectivity index (χ4n) is 1.95. The van der Waals surface area contributed by atoms with Crippen LogP contribution in [-0.4, -0.2) is 17.6 Å². The molecule has 1 heterocycles. The van der Waals surface area contributed by atoms with Gasteiger partial charge in [0.2, 0.25) is 0 Å². The quantitative estimate of drug-likeness (QED) is 0.527. The highest BCUT2D eigenvalue weighted by atomic mass is 32.1. The number of anilines is 1. The smallest absolute Gasteiger partial charge is 0.305 e. The third-order valence-corrected chi connectivity index (χ3v) is 3.66. The van der Waals surface area contributed by atoms with Crippen molar-refractivity contribution in [2.24, 2.45) is 0 Å². The van der Waals surface area contributed by atoms with E-state index in [-0.39, 0.29) is 5.97 Å². The molecule has 1 aromatic heterocycles. The molecule has 19 heavy (non-hydrogen) atoms. The molecule has 0 fully saturated rings. The van der Waals surface area contributed by atoms with Crippen LogP contribution in [0.5, 0.6) is 0 Å². The third kappa shape index (κ3) is 7.82. The lowest BCUT2D eigenvalue weighted by atomic mass is 10.1. The minimum absolute atomic E-state index is 0.0661. The first kappa shape index (κ1) is 16.0. The van der Waals surface area contributed by atoms with Crippen LogP contribution in [0.2, 0.25) is 0 Å². The van der Waals surface area contributed by atoms with Crippen LogP contribution in [0.15, 0.2) is 5.38 Å². The summed E-state index contributed by atoms with van der Waals surface area (Å²) in [7, 11) is 0. The number of aryl methyl sites for hydroxylation is 1.